The molecule has 0 atom stereocenters. The molecule has 5 aromatic carbocycles. The highest BCUT2D eigenvalue weighted by Gasteiger charge is 2.35. The van der Waals surface area contributed by atoms with Gasteiger partial charge in [0.05, 0.1) is 0 Å². The van der Waals surface area contributed by atoms with E-state index >= 15 is 0 Å². The predicted octanol–water partition coefficient (Wildman–Crippen LogP) is 10.8. The molecule has 0 saturated carbocycles. The van der Waals surface area contributed by atoms with Crippen molar-refractivity contribution in [3.8, 4) is 61.6 Å². The molecule has 0 N–H and O–H groups in total. The average Bonchev–Trinajstić information content (AvgIpc) is 3.65. The van der Waals surface area contributed by atoms with Gasteiger partial charge in [-0.25, -0.2) is 9.97 Å². The van der Waals surface area contributed by atoms with E-state index in [1.54, 1.807) is 0 Å². The fraction of sp³-hybridized carbons (Fsp3) is 0.0682. The Morgan fingerprint density at radius 1 is 0.500 bits per heavy atom. The lowest BCUT2D eigenvalue weighted by atomic mass is 9.82. The lowest BCUT2D eigenvalue weighted by Crippen LogP contribution is -2.14. The third-order valence-corrected chi connectivity index (χ3v) is 9.75. The van der Waals surface area contributed by atoms with Crippen LogP contribution in [0.1, 0.15) is 25.0 Å². The SMILES string of the molecule is CC1(C)c2ccccc2-c2cc(-c3cc(-c4cccnc4)cc(-c4nc5c(-c6ccccc6)ccnc5n4-c4ccccc4)c3)ccc21. The zero-order chi connectivity index (χ0) is 32.2. The van der Waals surface area contributed by atoms with Crippen molar-refractivity contribution in [2.24, 2.45) is 0 Å². The number of aromatic nitrogens is 4. The molecule has 228 valence electrons. The van der Waals surface area contributed by atoms with Gasteiger partial charge >= 0.3 is 0 Å². The van der Waals surface area contributed by atoms with E-state index in [9.17, 15) is 0 Å². The molecular formula is C44H32N4. The van der Waals surface area contributed by atoms with Crippen LogP contribution in [-0.2, 0) is 5.41 Å². The molecule has 8 aromatic rings. The normalized spacial score (nSPS) is 13.0. The third-order valence-electron chi connectivity index (χ3n) is 9.75. The van der Waals surface area contributed by atoms with Crippen LogP contribution in [0.15, 0.2) is 158 Å². The molecule has 0 amide bonds. The number of rotatable bonds is 5. The summed E-state index contributed by atoms with van der Waals surface area (Å²) in [6, 6.07) is 49.5. The fourth-order valence-corrected chi connectivity index (χ4v) is 7.36. The number of benzene rings is 5. The predicted molar refractivity (Wildman–Crippen MR) is 196 cm³/mol. The van der Waals surface area contributed by atoms with Gasteiger partial charge in [-0.2, -0.15) is 0 Å². The molecule has 3 heterocycles. The molecule has 0 bridgehead atoms. The minimum Gasteiger partial charge on any atom is -0.277 e. The van der Waals surface area contributed by atoms with E-state index in [0.29, 0.717) is 0 Å². The second kappa shape index (κ2) is 11.0. The highest BCUT2D eigenvalue weighted by molar-refractivity contribution is 5.94. The van der Waals surface area contributed by atoms with E-state index in [1.807, 2.05) is 36.8 Å². The summed E-state index contributed by atoms with van der Waals surface area (Å²) in [5.74, 6) is 0.840. The molecule has 1 aliphatic carbocycles. The van der Waals surface area contributed by atoms with E-state index < -0.39 is 0 Å². The van der Waals surface area contributed by atoms with Gasteiger partial charge in [0.1, 0.15) is 11.3 Å². The zero-order valence-corrected chi connectivity index (χ0v) is 26.8. The molecule has 0 saturated heterocycles. The number of fused-ring (bicyclic) bond motifs is 4. The lowest BCUT2D eigenvalue weighted by Gasteiger charge is -2.21. The Labute approximate surface area is 280 Å². The number of hydrogen-bond donors (Lipinski definition) is 0. The molecule has 4 nitrogen and oxygen atoms in total. The Bertz CT molecular complexity index is 2460. The van der Waals surface area contributed by atoms with Crippen LogP contribution in [0.3, 0.4) is 0 Å². The second-order valence-corrected chi connectivity index (χ2v) is 13.0. The van der Waals surface area contributed by atoms with Crippen molar-refractivity contribution < 1.29 is 0 Å². The molecule has 0 unspecified atom stereocenters. The second-order valence-electron chi connectivity index (χ2n) is 13.0. The van der Waals surface area contributed by atoms with E-state index in [4.69, 9.17) is 9.97 Å². The Morgan fingerprint density at radius 2 is 1.19 bits per heavy atom. The number of hydrogen-bond acceptors (Lipinski definition) is 3. The smallest absolute Gasteiger partial charge is 0.165 e. The first kappa shape index (κ1) is 28.1. The highest BCUT2D eigenvalue weighted by Crippen LogP contribution is 2.49. The summed E-state index contributed by atoms with van der Waals surface area (Å²) >= 11 is 0. The summed E-state index contributed by atoms with van der Waals surface area (Å²) in [4.78, 5) is 14.8. The average molecular weight is 617 g/mol. The summed E-state index contributed by atoms with van der Waals surface area (Å²) in [6.07, 6.45) is 5.64. The molecule has 1 aliphatic rings. The highest BCUT2D eigenvalue weighted by atomic mass is 15.1. The largest absolute Gasteiger partial charge is 0.277 e. The number of para-hydroxylation sites is 1. The van der Waals surface area contributed by atoms with Crippen molar-refractivity contribution in [2.45, 2.75) is 19.3 Å². The molecule has 4 heteroatoms. The number of pyridine rings is 2. The van der Waals surface area contributed by atoms with E-state index in [1.165, 1.54) is 27.8 Å². The molecule has 9 rings (SSSR count). The van der Waals surface area contributed by atoms with Gasteiger partial charge in [-0.15, -0.1) is 0 Å². The van der Waals surface area contributed by atoms with E-state index in [0.717, 1.165) is 56.1 Å². The molecule has 0 spiro atoms. The zero-order valence-electron chi connectivity index (χ0n) is 26.8. The molecular weight excluding hydrogens is 585 g/mol. The fourth-order valence-electron chi connectivity index (χ4n) is 7.36. The van der Waals surface area contributed by atoms with Crippen LogP contribution in [-0.4, -0.2) is 19.5 Å². The first-order valence-corrected chi connectivity index (χ1v) is 16.4. The van der Waals surface area contributed by atoms with Crippen LogP contribution in [0.2, 0.25) is 0 Å². The summed E-state index contributed by atoms with van der Waals surface area (Å²) in [5.41, 5.74) is 15.6. The maximum atomic E-state index is 5.40. The Morgan fingerprint density at radius 3 is 1.98 bits per heavy atom. The third kappa shape index (κ3) is 4.49. The van der Waals surface area contributed by atoms with Gasteiger partial charge in [0.15, 0.2) is 5.65 Å². The van der Waals surface area contributed by atoms with Crippen LogP contribution >= 0.6 is 0 Å². The minimum atomic E-state index is -0.0445. The van der Waals surface area contributed by atoms with Crippen molar-refractivity contribution in [2.75, 3.05) is 0 Å². The first-order valence-electron chi connectivity index (χ1n) is 16.4. The van der Waals surface area contributed by atoms with E-state index in [2.05, 4.69) is 145 Å². The van der Waals surface area contributed by atoms with Crippen LogP contribution < -0.4 is 0 Å². The first-order chi connectivity index (χ1) is 23.6. The summed E-state index contributed by atoms with van der Waals surface area (Å²) < 4.78 is 2.19. The number of imidazole rings is 1. The van der Waals surface area contributed by atoms with Gasteiger partial charge in [-0.1, -0.05) is 105 Å². The van der Waals surface area contributed by atoms with Crippen molar-refractivity contribution in [3.63, 3.8) is 0 Å². The van der Waals surface area contributed by atoms with Crippen LogP contribution in [0, 0.1) is 0 Å². The van der Waals surface area contributed by atoms with Gasteiger partial charge in [0, 0.05) is 46.4 Å². The van der Waals surface area contributed by atoms with Crippen molar-refractivity contribution in [3.05, 3.63) is 169 Å². The minimum absolute atomic E-state index is 0.0445. The summed E-state index contributed by atoms with van der Waals surface area (Å²) in [7, 11) is 0. The maximum absolute atomic E-state index is 5.40. The van der Waals surface area contributed by atoms with Gasteiger partial charge in [-0.05, 0) is 93.0 Å². The van der Waals surface area contributed by atoms with Crippen LogP contribution in [0.4, 0.5) is 0 Å². The monoisotopic (exact) mass is 616 g/mol. The van der Waals surface area contributed by atoms with Gasteiger partial charge < -0.3 is 0 Å². The molecule has 0 fully saturated rings. The van der Waals surface area contributed by atoms with Crippen molar-refractivity contribution >= 4 is 11.2 Å². The molecule has 0 radical (unpaired) electrons. The number of nitrogens with zero attached hydrogens (tertiary/aromatic N) is 4. The Balaban J connectivity index is 1.31. The van der Waals surface area contributed by atoms with E-state index in [-0.39, 0.29) is 5.41 Å². The van der Waals surface area contributed by atoms with Crippen LogP contribution in [0.25, 0.3) is 72.7 Å². The van der Waals surface area contributed by atoms with Gasteiger partial charge in [0.25, 0.3) is 0 Å². The van der Waals surface area contributed by atoms with Gasteiger partial charge in [-0.3, -0.25) is 9.55 Å². The Kier molecular flexibility index (Phi) is 6.44. The lowest BCUT2D eigenvalue weighted by molar-refractivity contribution is 0.660. The molecule has 48 heavy (non-hydrogen) atoms. The van der Waals surface area contributed by atoms with Crippen LogP contribution in [0.5, 0.6) is 0 Å². The maximum Gasteiger partial charge on any atom is 0.165 e. The summed E-state index contributed by atoms with van der Waals surface area (Å²) in [6.45, 7) is 4.65. The quantitative estimate of drug-likeness (QED) is 0.193. The topological polar surface area (TPSA) is 43.6 Å². The molecule has 3 aromatic heterocycles. The van der Waals surface area contributed by atoms with Crippen molar-refractivity contribution in [1.82, 2.24) is 19.5 Å². The van der Waals surface area contributed by atoms with Gasteiger partial charge in [0.2, 0.25) is 0 Å². The standard InChI is InChI=1S/C44H32N4/c1-44(2)39-18-10-9-17-37(39)38-27-30(19-20-40(38)44)32-24-33(31-14-11-22-45-28-31)26-34(25-32)42-47-41-36(29-12-5-3-6-13-29)21-23-46-43(41)48(42)35-15-7-4-8-16-35/h3-28H,1-2H3. The molecule has 0 aliphatic heterocycles. The summed E-state index contributed by atoms with van der Waals surface area (Å²) in [5, 5.41) is 0. The Hall–Kier alpha value is -6.13. The van der Waals surface area contributed by atoms with Crippen molar-refractivity contribution in [1.29, 1.82) is 0 Å².